The topological polar surface area (TPSA) is 74.7 Å². The number of benzene rings is 1. The molecule has 1 heterocycles. The number of nitrogens with zero attached hydrogens (tertiary/aromatic N) is 1. The first kappa shape index (κ1) is 13.3. The summed E-state index contributed by atoms with van der Waals surface area (Å²) < 4.78 is 0. The molecule has 0 atom stereocenters. The van der Waals surface area contributed by atoms with Crippen LogP contribution in [0.2, 0.25) is 0 Å². The third kappa shape index (κ3) is 2.50. The third-order valence-corrected chi connectivity index (χ3v) is 3.26. The average Bonchev–Trinajstić information content (AvgIpc) is 2.52. The van der Waals surface area contributed by atoms with Gasteiger partial charge in [-0.15, -0.1) is 0 Å². The molecule has 100 valence electrons. The normalized spacial score (nSPS) is 17.9. The van der Waals surface area contributed by atoms with Crippen LogP contribution in [0.25, 0.3) is 0 Å². The molecule has 1 aliphatic rings. The van der Waals surface area contributed by atoms with E-state index in [0.717, 1.165) is 5.56 Å². The number of aromatic carboxylic acids is 1. The molecule has 0 aliphatic carbocycles. The maximum absolute atomic E-state index is 12.0. The third-order valence-electron chi connectivity index (χ3n) is 3.26. The van der Waals surface area contributed by atoms with Gasteiger partial charge in [0.05, 0.1) is 17.5 Å². The van der Waals surface area contributed by atoms with E-state index in [1.165, 1.54) is 17.0 Å². The van der Waals surface area contributed by atoms with E-state index >= 15 is 0 Å². The Bertz CT molecular complexity index is 545. The largest absolute Gasteiger partial charge is 0.478 e. The zero-order valence-electron chi connectivity index (χ0n) is 10.8. The average molecular weight is 261 g/mol. The SMILES string of the molecule is CC1(C)CC(=O)N(Cc2ccc(C(=O)O)cc2)C1=O. The zero-order chi connectivity index (χ0) is 14.2. The smallest absolute Gasteiger partial charge is 0.335 e. The van der Waals surface area contributed by atoms with Gasteiger partial charge in [-0.1, -0.05) is 26.0 Å². The number of imide groups is 1. The van der Waals surface area contributed by atoms with Crippen molar-refractivity contribution in [1.29, 1.82) is 0 Å². The van der Waals surface area contributed by atoms with Crippen LogP contribution in [0.15, 0.2) is 24.3 Å². The molecule has 5 heteroatoms. The van der Waals surface area contributed by atoms with Crippen molar-refractivity contribution in [3.8, 4) is 0 Å². The van der Waals surface area contributed by atoms with E-state index in [1.54, 1.807) is 26.0 Å². The molecular formula is C14H15NO4. The van der Waals surface area contributed by atoms with Crippen molar-refractivity contribution >= 4 is 17.8 Å². The summed E-state index contributed by atoms with van der Waals surface area (Å²) in [6, 6.07) is 6.17. The van der Waals surface area contributed by atoms with Crippen LogP contribution in [-0.2, 0) is 16.1 Å². The Kier molecular flexibility index (Phi) is 3.14. The zero-order valence-corrected chi connectivity index (χ0v) is 10.8. The number of carbonyl (C=O) groups is 3. The van der Waals surface area contributed by atoms with Gasteiger partial charge in [0, 0.05) is 6.42 Å². The van der Waals surface area contributed by atoms with Crippen LogP contribution in [0.1, 0.15) is 36.2 Å². The molecule has 5 nitrogen and oxygen atoms in total. The van der Waals surface area contributed by atoms with Crippen molar-refractivity contribution in [2.45, 2.75) is 26.8 Å². The summed E-state index contributed by atoms with van der Waals surface area (Å²) in [5.41, 5.74) is 0.283. The van der Waals surface area contributed by atoms with Crippen molar-refractivity contribution in [3.63, 3.8) is 0 Å². The molecule has 2 rings (SSSR count). The maximum atomic E-state index is 12.0. The summed E-state index contributed by atoms with van der Waals surface area (Å²) in [7, 11) is 0. The minimum atomic E-state index is -0.999. The van der Waals surface area contributed by atoms with Crippen LogP contribution < -0.4 is 0 Å². The Labute approximate surface area is 110 Å². The fraction of sp³-hybridized carbons (Fsp3) is 0.357. The molecule has 1 aromatic rings. The number of carboxylic acid groups (broad SMARTS) is 1. The number of carbonyl (C=O) groups excluding carboxylic acids is 2. The van der Waals surface area contributed by atoms with E-state index < -0.39 is 11.4 Å². The summed E-state index contributed by atoms with van der Waals surface area (Å²) in [6.45, 7) is 3.70. The van der Waals surface area contributed by atoms with Crippen LogP contribution in [0.5, 0.6) is 0 Å². The first-order valence-electron chi connectivity index (χ1n) is 5.98. The molecule has 19 heavy (non-hydrogen) atoms. The lowest BCUT2D eigenvalue weighted by molar-refractivity contribution is -0.141. The van der Waals surface area contributed by atoms with Gasteiger partial charge in [-0.05, 0) is 17.7 Å². The fourth-order valence-electron chi connectivity index (χ4n) is 2.12. The highest BCUT2D eigenvalue weighted by Crippen LogP contribution is 2.32. The van der Waals surface area contributed by atoms with Gasteiger partial charge in [-0.2, -0.15) is 0 Å². The van der Waals surface area contributed by atoms with Gasteiger partial charge in [-0.25, -0.2) is 4.79 Å². The molecular weight excluding hydrogens is 246 g/mol. The van der Waals surface area contributed by atoms with Crippen molar-refractivity contribution in [3.05, 3.63) is 35.4 Å². The highest BCUT2D eigenvalue weighted by atomic mass is 16.4. The standard InChI is InChI=1S/C14H15NO4/c1-14(2)7-11(16)15(13(14)19)8-9-3-5-10(6-4-9)12(17)18/h3-6H,7-8H2,1-2H3,(H,17,18). The molecule has 0 saturated carbocycles. The predicted molar refractivity (Wildman–Crippen MR) is 67.4 cm³/mol. The van der Waals surface area contributed by atoms with Gasteiger partial charge in [0.2, 0.25) is 11.8 Å². The van der Waals surface area contributed by atoms with Gasteiger partial charge in [0.1, 0.15) is 0 Å². The van der Waals surface area contributed by atoms with E-state index in [-0.39, 0.29) is 30.3 Å². The minimum Gasteiger partial charge on any atom is -0.478 e. The van der Waals surface area contributed by atoms with Crippen molar-refractivity contribution in [2.75, 3.05) is 0 Å². The summed E-state index contributed by atoms with van der Waals surface area (Å²) in [6.07, 6.45) is 0.221. The Morgan fingerprint density at radius 1 is 1.26 bits per heavy atom. The first-order valence-corrected chi connectivity index (χ1v) is 5.98. The molecule has 1 aromatic carbocycles. The predicted octanol–water partition coefficient (Wildman–Crippen LogP) is 1.67. The van der Waals surface area contributed by atoms with E-state index in [2.05, 4.69) is 0 Å². The van der Waals surface area contributed by atoms with Crippen molar-refractivity contribution in [2.24, 2.45) is 5.41 Å². The van der Waals surface area contributed by atoms with Gasteiger partial charge >= 0.3 is 5.97 Å². The van der Waals surface area contributed by atoms with Crippen LogP contribution in [0.4, 0.5) is 0 Å². The van der Waals surface area contributed by atoms with E-state index in [9.17, 15) is 14.4 Å². The van der Waals surface area contributed by atoms with Crippen molar-refractivity contribution in [1.82, 2.24) is 4.90 Å². The molecule has 0 radical (unpaired) electrons. The van der Waals surface area contributed by atoms with E-state index in [0.29, 0.717) is 0 Å². The Morgan fingerprint density at radius 3 is 2.26 bits per heavy atom. The molecule has 1 saturated heterocycles. The Morgan fingerprint density at radius 2 is 1.84 bits per heavy atom. The second-order valence-electron chi connectivity index (χ2n) is 5.35. The Hall–Kier alpha value is -2.17. The molecule has 0 spiro atoms. The number of amides is 2. The molecule has 1 N–H and O–H groups in total. The number of hydrogen-bond donors (Lipinski definition) is 1. The molecule has 1 aliphatic heterocycles. The quantitative estimate of drug-likeness (QED) is 0.840. The number of rotatable bonds is 3. The van der Waals surface area contributed by atoms with Gasteiger partial charge in [-0.3, -0.25) is 14.5 Å². The van der Waals surface area contributed by atoms with E-state index in [1.807, 2.05) is 0 Å². The monoisotopic (exact) mass is 261 g/mol. The second kappa shape index (κ2) is 4.50. The van der Waals surface area contributed by atoms with Crippen LogP contribution in [0.3, 0.4) is 0 Å². The lowest BCUT2D eigenvalue weighted by Gasteiger charge is -2.17. The molecule has 0 bridgehead atoms. The molecule has 0 unspecified atom stereocenters. The summed E-state index contributed by atoms with van der Waals surface area (Å²) >= 11 is 0. The Balaban J connectivity index is 2.16. The number of hydrogen-bond acceptors (Lipinski definition) is 3. The first-order chi connectivity index (χ1) is 8.81. The molecule has 0 aromatic heterocycles. The van der Waals surface area contributed by atoms with Crippen LogP contribution in [-0.4, -0.2) is 27.8 Å². The lowest BCUT2D eigenvalue weighted by Crippen LogP contribution is -2.32. The number of carboxylic acids is 1. The lowest BCUT2D eigenvalue weighted by atomic mass is 9.92. The number of likely N-dealkylation sites (tertiary alicyclic amines) is 1. The van der Waals surface area contributed by atoms with Crippen LogP contribution >= 0.6 is 0 Å². The molecule has 1 fully saturated rings. The van der Waals surface area contributed by atoms with Crippen molar-refractivity contribution < 1.29 is 19.5 Å². The van der Waals surface area contributed by atoms with Crippen LogP contribution in [0, 0.1) is 5.41 Å². The fourth-order valence-corrected chi connectivity index (χ4v) is 2.12. The van der Waals surface area contributed by atoms with Gasteiger partial charge in [0.15, 0.2) is 0 Å². The molecule has 2 amide bonds. The van der Waals surface area contributed by atoms with Gasteiger partial charge in [0.25, 0.3) is 0 Å². The summed E-state index contributed by atoms with van der Waals surface area (Å²) in [5, 5.41) is 8.79. The summed E-state index contributed by atoms with van der Waals surface area (Å²) in [4.78, 5) is 35.8. The second-order valence-corrected chi connectivity index (χ2v) is 5.35. The van der Waals surface area contributed by atoms with E-state index in [4.69, 9.17) is 5.11 Å². The maximum Gasteiger partial charge on any atom is 0.335 e. The van der Waals surface area contributed by atoms with Gasteiger partial charge < -0.3 is 5.11 Å². The summed E-state index contributed by atoms with van der Waals surface area (Å²) in [5.74, 6) is -1.36. The highest BCUT2D eigenvalue weighted by Gasteiger charge is 2.44. The highest BCUT2D eigenvalue weighted by molar-refractivity contribution is 6.05. The minimum absolute atomic E-state index is 0.181.